The minimum Gasteiger partial charge on any atom is -0.300 e. The van der Waals surface area contributed by atoms with E-state index >= 15 is 0 Å². The van der Waals surface area contributed by atoms with Crippen molar-refractivity contribution in [1.82, 2.24) is 0 Å². The summed E-state index contributed by atoms with van der Waals surface area (Å²) in [5.41, 5.74) is 1.16. The zero-order valence-corrected chi connectivity index (χ0v) is 6.17. The van der Waals surface area contributed by atoms with Crippen LogP contribution in [0.15, 0.2) is 18.2 Å². The second-order valence-corrected chi connectivity index (χ2v) is 2.18. The Morgan fingerprint density at radius 2 is 2.27 bits per heavy atom. The van der Waals surface area contributed by atoms with Crippen LogP contribution >= 0.6 is 0 Å². The van der Waals surface area contributed by atoms with E-state index in [9.17, 15) is 9.18 Å². The van der Waals surface area contributed by atoms with Gasteiger partial charge in [-0.1, -0.05) is 12.1 Å². The molecular weight excluding hydrogens is 142 g/mol. The molecule has 2 radical (unpaired) electrons. The third kappa shape index (κ3) is 1.67. The quantitative estimate of drug-likeness (QED) is 0.453. The Bertz CT molecular complexity index is 273. The number of hydrogen-bond acceptors (Lipinski definition) is 1. The van der Waals surface area contributed by atoms with Gasteiger partial charge in [0.25, 0.3) is 0 Å². The summed E-state index contributed by atoms with van der Waals surface area (Å²) in [7, 11) is 1.70. The summed E-state index contributed by atoms with van der Waals surface area (Å²) < 4.78 is 12.5. The van der Waals surface area contributed by atoms with E-state index < -0.39 is 0 Å². The average Bonchev–Trinajstić information content (AvgIpc) is 2.04. The molecular formula is C8H7BFO-. The van der Waals surface area contributed by atoms with Crippen LogP contribution in [0.4, 0.5) is 4.39 Å². The van der Waals surface area contributed by atoms with E-state index in [0.29, 0.717) is 11.0 Å². The van der Waals surface area contributed by atoms with Crippen molar-refractivity contribution in [2.75, 3.05) is 0 Å². The minimum absolute atomic E-state index is 0.316. The molecule has 0 aliphatic carbocycles. The van der Waals surface area contributed by atoms with Crippen molar-refractivity contribution in [2.24, 2.45) is 0 Å². The topological polar surface area (TPSA) is 17.1 Å². The first-order valence-corrected chi connectivity index (χ1v) is 3.32. The van der Waals surface area contributed by atoms with Gasteiger partial charge in [-0.25, -0.2) is 11.2 Å². The summed E-state index contributed by atoms with van der Waals surface area (Å²) in [6, 6.07) is 4.08. The Morgan fingerprint density at radius 1 is 1.55 bits per heavy atom. The number of aldehydes is 1. The van der Waals surface area contributed by atoms with Crippen LogP contribution < -0.4 is 5.46 Å². The van der Waals surface area contributed by atoms with Crippen molar-refractivity contribution in [3.63, 3.8) is 0 Å². The van der Waals surface area contributed by atoms with Gasteiger partial charge in [0.1, 0.15) is 12.1 Å². The summed E-state index contributed by atoms with van der Waals surface area (Å²) in [6.45, 7) is 1.77. The van der Waals surface area contributed by atoms with Crippen LogP contribution in [0.1, 0.15) is 10.4 Å². The second kappa shape index (κ2) is 3.33. The van der Waals surface area contributed by atoms with Gasteiger partial charge in [0.2, 0.25) is 0 Å². The maximum Gasteiger partial charge on any atom is 0.146 e. The van der Waals surface area contributed by atoms with Crippen LogP contribution in [-0.4, -0.2) is 13.6 Å². The molecule has 0 amide bonds. The van der Waals surface area contributed by atoms with Crippen molar-refractivity contribution in [2.45, 2.75) is 6.82 Å². The minimum atomic E-state index is -0.316. The van der Waals surface area contributed by atoms with Crippen LogP contribution in [0.3, 0.4) is 0 Å². The van der Waals surface area contributed by atoms with Crippen LogP contribution in [0.25, 0.3) is 0 Å². The van der Waals surface area contributed by atoms with Gasteiger partial charge in [-0.15, -0.1) is 0 Å². The van der Waals surface area contributed by atoms with Gasteiger partial charge >= 0.3 is 0 Å². The lowest BCUT2D eigenvalue weighted by molar-refractivity contribution is 0.112. The number of benzene rings is 1. The molecule has 0 aromatic heterocycles. The Balaban J connectivity index is 3.16. The van der Waals surface area contributed by atoms with Crippen LogP contribution in [0.2, 0.25) is 6.82 Å². The van der Waals surface area contributed by atoms with Gasteiger partial charge in [-0.2, -0.15) is 0 Å². The molecule has 1 nitrogen and oxygen atoms in total. The molecule has 1 aromatic carbocycles. The van der Waals surface area contributed by atoms with Gasteiger partial charge in [0, 0.05) is 0 Å². The molecule has 0 aliphatic heterocycles. The summed E-state index contributed by atoms with van der Waals surface area (Å²) >= 11 is 0. The lowest BCUT2D eigenvalue weighted by Crippen LogP contribution is -2.16. The van der Waals surface area contributed by atoms with Gasteiger partial charge in [-0.05, 0) is 11.6 Å². The van der Waals surface area contributed by atoms with E-state index in [1.165, 1.54) is 18.2 Å². The lowest BCUT2D eigenvalue weighted by atomic mass is 9.71. The standard InChI is InChI=1S/C8H7BFO/c1-9-8-4-7(10)3-2-6(8)5-11/h2-5H,1H3/q-1. The predicted molar refractivity (Wildman–Crippen MR) is 43.0 cm³/mol. The van der Waals surface area contributed by atoms with Crippen molar-refractivity contribution < 1.29 is 9.18 Å². The Kier molecular flexibility index (Phi) is 2.42. The third-order valence-corrected chi connectivity index (χ3v) is 1.49. The zero-order chi connectivity index (χ0) is 8.27. The maximum absolute atomic E-state index is 12.5. The van der Waals surface area contributed by atoms with Gasteiger partial charge < -0.3 is 7.28 Å². The molecule has 0 aliphatic rings. The van der Waals surface area contributed by atoms with Crippen LogP contribution in [0.5, 0.6) is 0 Å². The monoisotopic (exact) mass is 149 g/mol. The SMILES string of the molecule is C[B-]c1cc(F)ccc1C=O. The fourth-order valence-corrected chi connectivity index (χ4v) is 0.903. The van der Waals surface area contributed by atoms with Gasteiger partial charge in [0.15, 0.2) is 0 Å². The van der Waals surface area contributed by atoms with Gasteiger partial charge in [-0.3, -0.25) is 10.3 Å². The number of rotatable bonds is 2. The van der Waals surface area contributed by atoms with E-state index in [4.69, 9.17) is 0 Å². The first kappa shape index (κ1) is 7.99. The maximum atomic E-state index is 12.5. The van der Waals surface area contributed by atoms with Crippen LogP contribution in [-0.2, 0) is 0 Å². The molecule has 0 heterocycles. The van der Waals surface area contributed by atoms with E-state index in [1.54, 1.807) is 14.1 Å². The largest absolute Gasteiger partial charge is 0.300 e. The highest BCUT2D eigenvalue weighted by atomic mass is 19.1. The highest BCUT2D eigenvalue weighted by Crippen LogP contribution is 1.97. The summed E-state index contributed by atoms with van der Waals surface area (Å²) in [4.78, 5) is 10.4. The van der Waals surface area contributed by atoms with E-state index in [-0.39, 0.29) is 5.82 Å². The van der Waals surface area contributed by atoms with Crippen molar-refractivity contribution >= 4 is 19.0 Å². The molecule has 0 spiro atoms. The summed E-state index contributed by atoms with van der Waals surface area (Å²) in [5.74, 6) is -0.316. The van der Waals surface area contributed by atoms with Crippen molar-refractivity contribution in [3.05, 3.63) is 29.6 Å². The second-order valence-electron chi connectivity index (χ2n) is 2.18. The average molecular weight is 149 g/mol. The first-order valence-electron chi connectivity index (χ1n) is 3.32. The number of carbonyl (C=O) groups excluding carboxylic acids is 1. The first-order chi connectivity index (χ1) is 5.27. The van der Waals surface area contributed by atoms with E-state index in [2.05, 4.69) is 0 Å². The van der Waals surface area contributed by atoms with Crippen molar-refractivity contribution in [3.8, 4) is 0 Å². The fraction of sp³-hybridized carbons (Fsp3) is 0.125. The Hall–Kier alpha value is -1.12. The number of carbonyl (C=O) groups is 1. The molecule has 11 heavy (non-hydrogen) atoms. The molecule has 0 saturated carbocycles. The molecule has 0 unspecified atom stereocenters. The van der Waals surface area contributed by atoms with E-state index in [1.807, 2.05) is 0 Å². The highest BCUT2D eigenvalue weighted by molar-refractivity contribution is 6.53. The van der Waals surface area contributed by atoms with Crippen molar-refractivity contribution in [1.29, 1.82) is 0 Å². The number of halogens is 1. The summed E-state index contributed by atoms with van der Waals surface area (Å²) in [6.07, 6.45) is 0.717. The Labute approximate surface area is 65.5 Å². The molecule has 3 heteroatoms. The molecule has 0 fully saturated rings. The summed E-state index contributed by atoms with van der Waals surface area (Å²) in [5, 5.41) is 0. The number of hydrogen-bond donors (Lipinski definition) is 0. The molecule has 56 valence electrons. The predicted octanol–water partition coefficient (Wildman–Crippen LogP) is 1.02. The van der Waals surface area contributed by atoms with Crippen LogP contribution in [0, 0.1) is 5.82 Å². The highest BCUT2D eigenvalue weighted by Gasteiger charge is 1.91. The normalized spacial score (nSPS) is 9.64. The van der Waals surface area contributed by atoms with E-state index in [0.717, 1.165) is 6.29 Å². The molecule has 1 aromatic rings. The molecule has 0 N–H and O–H groups in total. The zero-order valence-electron chi connectivity index (χ0n) is 6.17. The third-order valence-electron chi connectivity index (χ3n) is 1.49. The fourth-order valence-electron chi connectivity index (χ4n) is 0.903. The lowest BCUT2D eigenvalue weighted by Gasteiger charge is -2.11. The molecule has 0 saturated heterocycles. The molecule has 0 bridgehead atoms. The Morgan fingerprint density at radius 3 is 2.82 bits per heavy atom. The smallest absolute Gasteiger partial charge is 0.146 e. The van der Waals surface area contributed by atoms with Gasteiger partial charge in [0.05, 0.1) is 0 Å². The molecule has 0 atom stereocenters. The molecule has 1 rings (SSSR count).